The zero-order valence-corrected chi connectivity index (χ0v) is 18.2. The number of rotatable bonds is 10. The number of nitrogens with one attached hydrogen (secondary N) is 1. The van der Waals surface area contributed by atoms with Gasteiger partial charge in [-0.2, -0.15) is 0 Å². The normalized spacial score (nSPS) is 11.7. The highest BCUT2D eigenvalue weighted by atomic mass is 32.2. The average molecular weight is 434 g/mol. The molecule has 0 saturated heterocycles. The molecule has 30 heavy (non-hydrogen) atoms. The van der Waals surface area contributed by atoms with Gasteiger partial charge in [0, 0.05) is 30.6 Å². The summed E-state index contributed by atoms with van der Waals surface area (Å²) in [4.78, 5) is 22.8. The predicted octanol–water partition coefficient (Wildman–Crippen LogP) is 3.28. The van der Waals surface area contributed by atoms with Crippen molar-refractivity contribution < 1.29 is 18.1 Å². The SMILES string of the molecule is CC(C)(Cc1ccccc1)NC(=O)CCCN(c1cccc([N+](=O)[O-])c1)S(C)(=O)=O. The van der Waals surface area contributed by atoms with E-state index in [2.05, 4.69) is 5.32 Å². The maximum atomic E-state index is 12.4. The highest BCUT2D eigenvalue weighted by Gasteiger charge is 2.23. The molecule has 1 N–H and O–H groups in total. The summed E-state index contributed by atoms with van der Waals surface area (Å²) in [6, 6.07) is 15.3. The lowest BCUT2D eigenvalue weighted by Gasteiger charge is -2.27. The third-order valence-corrected chi connectivity index (χ3v) is 5.65. The van der Waals surface area contributed by atoms with Crippen LogP contribution in [-0.4, -0.2) is 37.6 Å². The number of nitro benzene ring substituents is 1. The Morgan fingerprint density at radius 3 is 2.40 bits per heavy atom. The van der Waals surface area contributed by atoms with Crippen LogP contribution in [0.4, 0.5) is 11.4 Å². The van der Waals surface area contributed by atoms with E-state index in [0.29, 0.717) is 6.42 Å². The second kappa shape index (κ2) is 9.71. The molecular formula is C21H27N3O5S. The number of carbonyl (C=O) groups excluding carboxylic acids is 1. The van der Waals surface area contributed by atoms with Gasteiger partial charge >= 0.3 is 0 Å². The van der Waals surface area contributed by atoms with Crippen molar-refractivity contribution in [3.05, 3.63) is 70.3 Å². The Morgan fingerprint density at radius 2 is 1.80 bits per heavy atom. The summed E-state index contributed by atoms with van der Waals surface area (Å²) in [5.41, 5.74) is 0.671. The van der Waals surface area contributed by atoms with E-state index >= 15 is 0 Å². The molecular weight excluding hydrogens is 406 g/mol. The van der Waals surface area contributed by atoms with E-state index in [-0.39, 0.29) is 36.7 Å². The first-order chi connectivity index (χ1) is 14.0. The Hall–Kier alpha value is -2.94. The van der Waals surface area contributed by atoms with E-state index in [0.717, 1.165) is 16.1 Å². The molecule has 0 aromatic heterocycles. The molecule has 0 radical (unpaired) electrons. The molecule has 0 aliphatic heterocycles. The Morgan fingerprint density at radius 1 is 1.13 bits per heavy atom. The molecule has 0 bridgehead atoms. The van der Waals surface area contributed by atoms with Crippen LogP contribution >= 0.6 is 0 Å². The van der Waals surface area contributed by atoms with Crippen molar-refractivity contribution >= 4 is 27.3 Å². The quantitative estimate of drug-likeness (QED) is 0.457. The van der Waals surface area contributed by atoms with Crippen LogP contribution in [0.2, 0.25) is 0 Å². The molecule has 1 amide bonds. The lowest BCUT2D eigenvalue weighted by Crippen LogP contribution is -2.45. The minimum absolute atomic E-state index is 0.0481. The Kier molecular flexibility index (Phi) is 7.55. The molecule has 0 unspecified atom stereocenters. The largest absolute Gasteiger partial charge is 0.351 e. The molecule has 162 valence electrons. The molecule has 2 rings (SSSR count). The van der Waals surface area contributed by atoms with Gasteiger partial charge < -0.3 is 5.32 Å². The number of non-ortho nitro benzene ring substituents is 1. The third-order valence-electron chi connectivity index (χ3n) is 4.46. The van der Waals surface area contributed by atoms with Crippen molar-refractivity contribution in [1.82, 2.24) is 5.32 Å². The van der Waals surface area contributed by atoms with E-state index in [9.17, 15) is 23.3 Å². The molecule has 0 saturated carbocycles. The summed E-state index contributed by atoms with van der Waals surface area (Å²) < 4.78 is 25.4. The number of hydrogen-bond donors (Lipinski definition) is 1. The number of benzene rings is 2. The lowest BCUT2D eigenvalue weighted by molar-refractivity contribution is -0.384. The number of nitro groups is 1. The first kappa shape index (κ1) is 23.3. The van der Waals surface area contributed by atoms with Crippen LogP contribution < -0.4 is 9.62 Å². The average Bonchev–Trinajstić information content (AvgIpc) is 2.64. The molecule has 2 aromatic carbocycles. The van der Waals surface area contributed by atoms with Gasteiger partial charge in [0.2, 0.25) is 15.9 Å². The second-order valence-electron chi connectivity index (χ2n) is 7.81. The van der Waals surface area contributed by atoms with Gasteiger partial charge in [0.15, 0.2) is 0 Å². The van der Waals surface area contributed by atoms with Crippen molar-refractivity contribution in [2.45, 2.75) is 38.6 Å². The van der Waals surface area contributed by atoms with Crippen molar-refractivity contribution in [2.24, 2.45) is 0 Å². The lowest BCUT2D eigenvalue weighted by atomic mass is 9.94. The van der Waals surface area contributed by atoms with E-state index in [1.54, 1.807) is 0 Å². The number of hydrogen-bond acceptors (Lipinski definition) is 5. The molecule has 9 heteroatoms. The molecule has 0 spiro atoms. The fraction of sp³-hybridized carbons (Fsp3) is 0.381. The van der Waals surface area contributed by atoms with Crippen molar-refractivity contribution in [2.75, 3.05) is 17.1 Å². The van der Waals surface area contributed by atoms with Crippen LogP contribution in [0.3, 0.4) is 0 Å². The Bertz CT molecular complexity index is 991. The van der Waals surface area contributed by atoms with Crippen molar-refractivity contribution in [1.29, 1.82) is 0 Å². The highest BCUT2D eigenvalue weighted by molar-refractivity contribution is 7.92. The monoisotopic (exact) mass is 433 g/mol. The van der Waals surface area contributed by atoms with Gasteiger partial charge in [-0.3, -0.25) is 19.2 Å². The van der Waals surface area contributed by atoms with E-state index in [1.165, 1.54) is 24.3 Å². The van der Waals surface area contributed by atoms with Crippen LogP contribution in [0.15, 0.2) is 54.6 Å². The highest BCUT2D eigenvalue weighted by Crippen LogP contribution is 2.23. The fourth-order valence-electron chi connectivity index (χ4n) is 3.22. The number of nitrogens with zero attached hydrogens (tertiary/aromatic N) is 2. The van der Waals surface area contributed by atoms with E-state index in [1.807, 2.05) is 44.2 Å². The van der Waals surface area contributed by atoms with Gasteiger partial charge in [0.1, 0.15) is 0 Å². The number of amides is 1. The first-order valence-electron chi connectivity index (χ1n) is 9.55. The standard InChI is InChI=1S/C21H27N3O5S/c1-21(2,16-17-9-5-4-6-10-17)22-20(25)13-8-14-23(30(3,28)29)18-11-7-12-19(15-18)24(26)27/h4-7,9-12,15H,8,13-14,16H2,1-3H3,(H,22,25). The minimum atomic E-state index is -3.66. The molecule has 0 atom stereocenters. The van der Waals surface area contributed by atoms with E-state index in [4.69, 9.17) is 0 Å². The Balaban J connectivity index is 1.97. The van der Waals surface area contributed by atoms with Gasteiger partial charge in [0.05, 0.1) is 16.9 Å². The number of anilines is 1. The summed E-state index contributed by atoms with van der Waals surface area (Å²) in [6.07, 6.45) is 2.12. The summed E-state index contributed by atoms with van der Waals surface area (Å²) in [7, 11) is -3.66. The van der Waals surface area contributed by atoms with Gasteiger partial charge in [-0.05, 0) is 38.3 Å². The molecule has 0 heterocycles. The summed E-state index contributed by atoms with van der Waals surface area (Å²) >= 11 is 0. The van der Waals surface area contributed by atoms with Crippen LogP contribution in [0, 0.1) is 10.1 Å². The molecule has 0 aliphatic carbocycles. The summed E-state index contributed by atoms with van der Waals surface area (Å²) in [5.74, 6) is -0.177. The van der Waals surface area contributed by atoms with Gasteiger partial charge in [-0.15, -0.1) is 0 Å². The molecule has 2 aromatic rings. The van der Waals surface area contributed by atoms with Crippen LogP contribution in [0.5, 0.6) is 0 Å². The van der Waals surface area contributed by atoms with Gasteiger partial charge in [0.25, 0.3) is 5.69 Å². The van der Waals surface area contributed by atoms with Crippen LogP contribution in [0.25, 0.3) is 0 Å². The molecule has 8 nitrogen and oxygen atoms in total. The molecule has 0 aliphatic rings. The number of carbonyl (C=O) groups is 1. The maximum absolute atomic E-state index is 12.4. The number of sulfonamides is 1. The van der Waals surface area contributed by atoms with Gasteiger partial charge in [-0.1, -0.05) is 36.4 Å². The minimum Gasteiger partial charge on any atom is -0.351 e. The van der Waals surface area contributed by atoms with Crippen molar-refractivity contribution in [3.63, 3.8) is 0 Å². The van der Waals surface area contributed by atoms with Gasteiger partial charge in [-0.25, -0.2) is 8.42 Å². The zero-order valence-electron chi connectivity index (χ0n) is 17.4. The van der Waals surface area contributed by atoms with Crippen molar-refractivity contribution in [3.8, 4) is 0 Å². The van der Waals surface area contributed by atoms with Crippen LogP contribution in [-0.2, 0) is 21.2 Å². The third kappa shape index (κ3) is 7.14. The smallest absolute Gasteiger partial charge is 0.271 e. The first-order valence-corrected chi connectivity index (χ1v) is 11.4. The van der Waals surface area contributed by atoms with Crippen LogP contribution in [0.1, 0.15) is 32.3 Å². The van der Waals surface area contributed by atoms with E-state index < -0.39 is 20.5 Å². The predicted molar refractivity (Wildman–Crippen MR) is 117 cm³/mol. The topological polar surface area (TPSA) is 110 Å². The zero-order chi connectivity index (χ0) is 22.4. The molecule has 0 fully saturated rings. The maximum Gasteiger partial charge on any atom is 0.271 e. The second-order valence-corrected chi connectivity index (χ2v) is 9.72. The summed E-state index contributed by atoms with van der Waals surface area (Å²) in [5, 5.41) is 14.0. The Labute approximate surface area is 177 Å². The summed E-state index contributed by atoms with van der Waals surface area (Å²) in [6.45, 7) is 3.92. The fourth-order valence-corrected chi connectivity index (χ4v) is 4.18.